The maximum absolute atomic E-state index is 12.2. The van der Waals surface area contributed by atoms with E-state index < -0.39 is 0 Å². The molecule has 1 aliphatic rings. The number of carbonyl (C=O) groups excluding carboxylic acids is 1. The van der Waals surface area contributed by atoms with Gasteiger partial charge in [-0.2, -0.15) is 0 Å². The zero-order chi connectivity index (χ0) is 17.8. The number of amides is 1. The Balaban J connectivity index is 1.37. The lowest BCUT2D eigenvalue weighted by molar-refractivity contribution is -0.116. The molecule has 0 atom stereocenters. The topological polar surface area (TPSA) is 71.8 Å². The number of hydrogen-bond acceptors (Lipinski definition) is 4. The SMILES string of the molecule is O=C(CCC1CCNCC1)Nc1ccc(-n2nnc3ccccc32)cc1. The van der Waals surface area contributed by atoms with E-state index in [4.69, 9.17) is 0 Å². The zero-order valence-corrected chi connectivity index (χ0v) is 14.7. The molecule has 2 heterocycles. The number of anilines is 1. The Bertz CT molecular complexity index is 881. The van der Waals surface area contributed by atoms with Crippen molar-refractivity contribution in [1.29, 1.82) is 0 Å². The lowest BCUT2D eigenvalue weighted by Crippen LogP contribution is -2.28. The van der Waals surface area contributed by atoms with E-state index in [0.29, 0.717) is 12.3 Å². The van der Waals surface area contributed by atoms with Crippen molar-refractivity contribution in [2.75, 3.05) is 18.4 Å². The quantitative estimate of drug-likeness (QED) is 0.742. The lowest BCUT2D eigenvalue weighted by atomic mass is 9.93. The molecule has 6 heteroatoms. The molecule has 134 valence electrons. The molecule has 2 aromatic carbocycles. The molecule has 0 aliphatic carbocycles. The van der Waals surface area contributed by atoms with Crippen LogP contribution in [0.25, 0.3) is 16.7 Å². The van der Waals surface area contributed by atoms with Crippen molar-refractivity contribution in [3.63, 3.8) is 0 Å². The van der Waals surface area contributed by atoms with Gasteiger partial charge in [-0.25, -0.2) is 4.68 Å². The van der Waals surface area contributed by atoms with Gasteiger partial charge in [-0.15, -0.1) is 5.10 Å². The average molecular weight is 349 g/mol. The summed E-state index contributed by atoms with van der Waals surface area (Å²) in [7, 11) is 0. The summed E-state index contributed by atoms with van der Waals surface area (Å²) in [6.45, 7) is 2.15. The fraction of sp³-hybridized carbons (Fsp3) is 0.350. The zero-order valence-electron chi connectivity index (χ0n) is 14.7. The fourth-order valence-corrected chi connectivity index (χ4v) is 3.47. The third-order valence-corrected chi connectivity index (χ3v) is 4.99. The van der Waals surface area contributed by atoms with Crippen molar-refractivity contribution in [3.05, 3.63) is 48.5 Å². The molecule has 26 heavy (non-hydrogen) atoms. The molecule has 0 unspecified atom stereocenters. The number of para-hydroxylation sites is 1. The third-order valence-electron chi connectivity index (χ3n) is 4.99. The number of rotatable bonds is 5. The van der Waals surface area contributed by atoms with Gasteiger partial charge in [-0.1, -0.05) is 17.3 Å². The number of aromatic nitrogens is 3. The fourth-order valence-electron chi connectivity index (χ4n) is 3.47. The van der Waals surface area contributed by atoms with E-state index >= 15 is 0 Å². The molecule has 0 bridgehead atoms. The summed E-state index contributed by atoms with van der Waals surface area (Å²) >= 11 is 0. The van der Waals surface area contributed by atoms with Crippen LogP contribution in [0.15, 0.2) is 48.5 Å². The van der Waals surface area contributed by atoms with Gasteiger partial charge in [0.25, 0.3) is 0 Å². The van der Waals surface area contributed by atoms with Gasteiger partial charge in [0.05, 0.1) is 11.2 Å². The van der Waals surface area contributed by atoms with Crippen molar-refractivity contribution in [3.8, 4) is 5.69 Å². The van der Waals surface area contributed by atoms with Gasteiger partial charge in [0.2, 0.25) is 5.91 Å². The molecular formula is C20H23N5O. The molecule has 0 saturated carbocycles. The second-order valence-electron chi connectivity index (χ2n) is 6.82. The van der Waals surface area contributed by atoms with Crippen LogP contribution in [0.5, 0.6) is 0 Å². The summed E-state index contributed by atoms with van der Waals surface area (Å²) < 4.78 is 1.80. The number of nitrogens with one attached hydrogen (secondary N) is 2. The van der Waals surface area contributed by atoms with E-state index in [2.05, 4.69) is 20.9 Å². The summed E-state index contributed by atoms with van der Waals surface area (Å²) in [4.78, 5) is 12.2. The molecule has 3 aromatic rings. The van der Waals surface area contributed by atoms with Crippen LogP contribution < -0.4 is 10.6 Å². The highest BCUT2D eigenvalue weighted by Gasteiger charge is 2.14. The van der Waals surface area contributed by atoms with Crippen LogP contribution in [0.1, 0.15) is 25.7 Å². The number of fused-ring (bicyclic) bond motifs is 1. The molecule has 2 N–H and O–H groups in total. The Morgan fingerprint density at radius 2 is 1.88 bits per heavy atom. The summed E-state index contributed by atoms with van der Waals surface area (Å²) in [6.07, 6.45) is 3.90. The van der Waals surface area contributed by atoms with E-state index in [9.17, 15) is 4.79 Å². The van der Waals surface area contributed by atoms with Crippen LogP contribution in [-0.2, 0) is 4.79 Å². The number of carbonyl (C=O) groups is 1. The molecule has 1 aromatic heterocycles. The summed E-state index contributed by atoms with van der Waals surface area (Å²) in [6, 6.07) is 15.6. The molecule has 1 aliphatic heterocycles. The Labute approximate surface area is 152 Å². The van der Waals surface area contributed by atoms with Crippen LogP contribution >= 0.6 is 0 Å². The minimum atomic E-state index is 0.0856. The van der Waals surface area contributed by atoms with E-state index in [-0.39, 0.29) is 5.91 Å². The first-order valence-electron chi connectivity index (χ1n) is 9.21. The molecule has 0 radical (unpaired) electrons. The molecule has 1 amide bonds. The van der Waals surface area contributed by atoms with Crippen molar-refractivity contribution < 1.29 is 4.79 Å². The van der Waals surface area contributed by atoms with Gasteiger partial charge in [-0.3, -0.25) is 4.79 Å². The van der Waals surface area contributed by atoms with E-state index in [1.165, 1.54) is 12.8 Å². The maximum Gasteiger partial charge on any atom is 0.224 e. The highest BCUT2D eigenvalue weighted by atomic mass is 16.1. The second kappa shape index (κ2) is 7.66. The van der Waals surface area contributed by atoms with Crippen LogP contribution in [0, 0.1) is 5.92 Å². The average Bonchev–Trinajstić information content (AvgIpc) is 3.12. The predicted octanol–water partition coefficient (Wildman–Crippen LogP) is 3.14. The summed E-state index contributed by atoms with van der Waals surface area (Å²) in [5.74, 6) is 0.757. The number of benzene rings is 2. The lowest BCUT2D eigenvalue weighted by Gasteiger charge is -2.22. The third kappa shape index (κ3) is 3.75. The molecule has 6 nitrogen and oxygen atoms in total. The van der Waals surface area contributed by atoms with Crippen molar-refractivity contribution in [2.24, 2.45) is 5.92 Å². The van der Waals surface area contributed by atoms with Gasteiger partial charge in [0.15, 0.2) is 0 Å². The minimum Gasteiger partial charge on any atom is -0.326 e. The normalized spacial score (nSPS) is 15.2. The van der Waals surface area contributed by atoms with Gasteiger partial charge in [0.1, 0.15) is 5.52 Å². The number of nitrogens with zero attached hydrogens (tertiary/aromatic N) is 3. The first-order valence-corrected chi connectivity index (χ1v) is 9.21. The molecule has 4 rings (SSSR count). The molecule has 0 spiro atoms. The maximum atomic E-state index is 12.2. The summed E-state index contributed by atoms with van der Waals surface area (Å²) in [5.41, 5.74) is 3.56. The second-order valence-corrected chi connectivity index (χ2v) is 6.82. The van der Waals surface area contributed by atoms with Crippen LogP contribution in [0.3, 0.4) is 0 Å². The van der Waals surface area contributed by atoms with Crippen molar-refractivity contribution in [1.82, 2.24) is 20.3 Å². The summed E-state index contributed by atoms with van der Waals surface area (Å²) in [5, 5.41) is 14.7. The van der Waals surface area contributed by atoms with E-state index in [0.717, 1.165) is 41.9 Å². The molecule has 1 saturated heterocycles. The van der Waals surface area contributed by atoms with Gasteiger partial charge < -0.3 is 10.6 Å². The molecular weight excluding hydrogens is 326 g/mol. The van der Waals surface area contributed by atoms with Gasteiger partial charge >= 0.3 is 0 Å². The number of hydrogen-bond donors (Lipinski definition) is 2. The largest absolute Gasteiger partial charge is 0.326 e. The van der Waals surface area contributed by atoms with Crippen LogP contribution in [-0.4, -0.2) is 34.0 Å². The van der Waals surface area contributed by atoms with Gasteiger partial charge in [0, 0.05) is 12.1 Å². The Morgan fingerprint density at radius 3 is 2.69 bits per heavy atom. The standard InChI is InChI=1S/C20H23N5O/c26-20(10-5-15-11-13-21-14-12-15)22-16-6-8-17(9-7-16)25-19-4-2-1-3-18(19)23-24-25/h1-4,6-9,15,21H,5,10-14H2,(H,22,26). The monoisotopic (exact) mass is 349 g/mol. The van der Waals surface area contributed by atoms with E-state index in [1.807, 2.05) is 48.5 Å². The predicted molar refractivity (Wildman–Crippen MR) is 102 cm³/mol. The Morgan fingerprint density at radius 1 is 1.12 bits per heavy atom. The first kappa shape index (κ1) is 16.7. The van der Waals surface area contributed by atoms with Gasteiger partial charge in [-0.05, 0) is 74.7 Å². The Kier molecular flexibility index (Phi) is 4.93. The van der Waals surface area contributed by atoms with Crippen molar-refractivity contribution in [2.45, 2.75) is 25.7 Å². The Hall–Kier alpha value is -2.73. The molecule has 1 fully saturated rings. The van der Waals surface area contributed by atoms with E-state index in [1.54, 1.807) is 4.68 Å². The van der Waals surface area contributed by atoms with Crippen LogP contribution in [0.2, 0.25) is 0 Å². The highest BCUT2D eigenvalue weighted by molar-refractivity contribution is 5.90. The van der Waals surface area contributed by atoms with Crippen LogP contribution in [0.4, 0.5) is 5.69 Å². The minimum absolute atomic E-state index is 0.0856. The number of piperidine rings is 1. The van der Waals surface area contributed by atoms with Crippen molar-refractivity contribution >= 4 is 22.6 Å². The first-order chi connectivity index (χ1) is 12.8. The highest BCUT2D eigenvalue weighted by Crippen LogP contribution is 2.20. The smallest absolute Gasteiger partial charge is 0.224 e.